The largest absolute Gasteiger partial charge is 0.507 e. The average molecular weight is 462 g/mol. The number of thiocarbonyl (C=S) groups is 1. The van der Waals surface area contributed by atoms with Gasteiger partial charge in [0.25, 0.3) is 5.91 Å². The molecule has 0 saturated carbocycles. The molecular weight excluding hydrogens is 438 g/mol. The number of carbonyl (C=O) groups is 1. The summed E-state index contributed by atoms with van der Waals surface area (Å²) in [4.78, 5) is 17.1. The molecule has 168 valence electrons. The van der Waals surface area contributed by atoms with E-state index >= 15 is 0 Å². The van der Waals surface area contributed by atoms with Crippen LogP contribution in [0.3, 0.4) is 0 Å². The molecule has 3 N–H and O–H groups in total. The summed E-state index contributed by atoms with van der Waals surface area (Å²) in [5.41, 5.74) is 3.33. The van der Waals surface area contributed by atoms with Gasteiger partial charge >= 0.3 is 0 Å². The highest BCUT2D eigenvalue weighted by atomic mass is 32.1. The molecule has 0 fully saturated rings. The molecule has 8 heteroatoms. The number of oxazole rings is 1. The van der Waals surface area contributed by atoms with Crippen LogP contribution < -0.4 is 15.4 Å². The van der Waals surface area contributed by atoms with Crippen LogP contribution in [0.1, 0.15) is 29.8 Å². The normalized spacial score (nSPS) is 10.9. The van der Waals surface area contributed by atoms with Crippen LogP contribution in [-0.4, -0.2) is 27.2 Å². The SMILES string of the molecule is Cc1cc(NC(=S)NC(=O)c2cccc(OC(C)C)c2)cc(-c2nc3ccccc3o2)c1O. The number of fused-ring (bicyclic) bond motifs is 1. The van der Waals surface area contributed by atoms with Gasteiger partial charge in [0.2, 0.25) is 5.89 Å². The highest BCUT2D eigenvalue weighted by Gasteiger charge is 2.16. The third kappa shape index (κ3) is 5.12. The number of hydrogen-bond acceptors (Lipinski definition) is 6. The monoisotopic (exact) mass is 461 g/mol. The fourth-order valence-corrected chi connectivity index (χ4v) is 3.53. The van der Waals surface area contributed by atoms with Gasteiger partial charge in [0.05, 0.1) is 11.7 Å². The Morgan fingerprint density at radius 1 is 1.12 bits per heavy atom. The predicted molar refractivity (Wildman–Crippen MR) is 132 cm³/mol. The maximum Gasteiger partial charge on any atom is 0.257 e. The number of amides is 1. The molecule has 0 bridgehead atoms. The molecule has 33 heavy (non-hydrogen) atoms. The van der Waals surface area contributed by atoms with Gasteiger partial charge in [-0.3, -0.25) is 10.1 Å². The van der Waals surface area contributed by atoms with E-state index in [1.807, 2.05) is 38.1 Å². The molecule has 0 atom stereocenters. The lowest BCUT2D eigenvalue weighted by Crippen LogP contribution is -2.34. The van der Waals surface area contributed by atoms with Crippen molar-refractivity contribution in [2.75, 3.05) is 5.32 Å². The molecule has 4 aromatic rings. The molecule has 0 aliphatic rings. The van der Waals surface area contributed by atoms with Gasteiger partial charge in [0.15, 0.2) is 10.7 Å². The maximum atomic E-state index is 12.6. The number of nitrogens with one attached hydrogen (secondary N) is 2. The van der Waals surface area contributed by atoms with Crippen molar-refractivity contribution in [3.05, 3.63) is 71.8 Å². The molecule has 0 aliphatic carbocycles. The summed E-state index contributed by atoms with van der Waals surface area (Å²) in [6.07, 6.45) is -0.000713. The van der Waals surface area contributed by atoms with Gasteiger partial charge in [-0.15, -0.1) is 0 Å². The first-order valence-corrected chi connectivity index (χ1v) is 10.8. The first-order valence-electron chi connectivity index (χ1n) is 10.4. The number of phenols is 1. The molecular formula is C25H23N3O4S. The number of rotatable bonds is 5. The predicted octanol–water partition coefficient (Wildman–Crippen LogP) is 5.42. The van der Waals surface area contributed by atoms with Crippen molar-refractivity contribution in [3.8, 4) is 23.0 Å². The minimum atomic E-state index is -0.364. The molecule has 1 amide bonds. The van der Waals surface area contributed by atoms with E-state index in [0.717, 1.165) is 0 Å². The van der Waals surface area contributed by atoms with E-state index in [1.54, 1.807) is 43.3 Å². The zero-order valence-corrected chi connectivity index (χ0v) is 19.2. The lowest BCUT2D eigenvalue weighted by Gasteiger charge is -2.13. The zero-order valence-electron chi connectivity index (χ0n) is 18.4. The van der Waals surface area contributed by atoms with Gasteiger partial charge in [-0.1, -0.05) is 18.2 Å². The third-order valence-electron chi connectivity index (χ3n) is 4.78. The summed E-state index contributed by atoms with van der Waals surface area (Å²) in [7, 11) is 0. The van der Waals surface area contributed by atoms with Crippen LogP contribution in [0.4, 0.5) is 5.69 Å². The van der Waals surface area contributed by atoms with E-state index in [2.05, 4.69) is 15.6 Å². The molecule has 7 nitrogen and oxygen atoms in total. The molecule has 1 aromatic heterocycles. The van der Waals surface area contributed by atoms with Crippen LogP contribution in [0, 0.1) is 6.92 Å². The number of aromatic hydroxyl groups is 1. The highest BCUT2D eigenvalue weighted by Crippen LogP contribution is 2.36. The molecule has 0 saturated heterocycles. The summed E-state index contributed by atoms with van der Waals surface area (Å²) in [5.74, 6) is 0.589. The number of nitrogens with zero attached hydrogens (tertiary/aromatic N) is 1. The topological polar surface area (TPSA) is 96.6 Å². The lowest BCUT2D eigenvalue weighted by molar-refractivity contribution is 0.0977. The summed E-state index contributed by atoms with van der Waals surface area (Å²) >= 11 is 5.33. The number of anilines is 1. The number of para-hydroxylation sites is 2. The number of carbonyl (C=O) groups excluding carboxylic acids is 1. The van der Waals surface area contributed by atoms with E-state index in [0.29, 0.717) is 39.2 Å². The number of ether oxygens (including phenoxy) is 1. The van der Waals surface area contributed by atoms with E-state index in [9.17, 15) is 9.90 Å². The number of aryl methyl sites for hydroxylation is 1. The van der Waals surface area contributed by atoms with Crippen molar-refractivity contribution >= 4 is 40.0 Å². The first kappa shape index (κ1) is 22.3. The molecule has 4 rings (SSSR count). The number of hydrogen-bond donors (Lipinski definition) is 3. The van der Waals surface area contributed by atoms with Gasteiger partial charge in [-0.05, 0) is 81.0 Å². The number of phenolic OH excluding ortho intramolecular Hbond substituents is 1. The Bertz CT molecular complexity index is 1310. The second kappa shape index (κ2) is 9.30. The van der Waals surface area contributed by atoms with Crippen molar-refractivity contribution < 1.29 is 19.1 Å². The van der Waals surface area contributed by atoms with Crippen LogP contribution in [0.15, 0.2) is 65.1 Å². The zero-order chi connectivity index (χ0) is 23.5. The van der Waals surface area contributed by atoms with Crippen molar-refractivity contribution in [2.45, 2.75) is 26.9 Å². The molecule has 0 unspecified atom stereocenters. The Kier molecular flexibility index (Phi) is 6.28. The Morgan fingerprint density at radius 3 is 2.67 bits per heavy atom. The molecule has 3 aromatic carbocycles. The van der Waals surface area contributed by atoms with Crippen LogP contribution in [0.25, 0.3) is 22.6 Å². The second-order valence-corrected chi connectivity index (χ2v) is 8.19. The summed E-state index contributed by atoms with van der Waals surface area (Å²) < 4.78 is 11.4. The van der Waals surface area contributed by atoms with E-state index in [-0.39, 0.29) is 28.8 Å². The molecule has 0 aliphatic heterocycles. The Labute approximate surface area is 196 Å². The van der Waals surface area contributed by atoms with E-state index in [1.165, 1.54) is 0 Å². The number of benzene rings is 3. The average Bonchev–Trinajstić information content (AvgIpc) is 3.20. The summed E-state index contributed by atoms with van der Waals surface area (Å²) in [5, 5.41) is 16.3. The van der Waals surface area contributed by atoms with Gasteiger partial charge in [-0.25, -0.2) is 4.98 Å². The van der Waals surface area contributed by atoms with E-state index < -0.39 is 0 Å². The van der Waals surface area contributed by atoms with Crippen molar-refractivity contribution in [1.29, 1.82) is 0 Å². The van der Waals surface area contributed by atoms with Crippen molar-refractivity contribution in [3.63, 3.8) is 0 Å². The van der Waals surface area contributed by atoms with Crippen molar-refractivity contribution in [1.82, 2.24) is 10.3 Å². The first-order chi connectivity index (χ1) is 15.8. The van der Waals surface area contributed by atoms with Crippen LogP contribution >= 0.6 is 12.2 Å². The smallest absolute Gasteiger partial charge is 0.257 e. The molecule has 1 heterocycles. The van der Waals surface area contributed by atoms with Crippen LogP contribution in [-0.2, 0) is 0 Å². The Morgan fingerprint density at radius 2 is 1.91 bits per heavy atom. The van der Waals surface area contributed by atoms with Crippen LogP contribution in [0.5, 0.6) is 11.5 Å². The number of aromatic nitrogens is 1. The third-order valence-corrected chi connectivity index (χ3v) is 4.98. The minimum absolute atomic E-state index is 0.000713. The standard InChI is InChI=1S/C25H23N3O4S/c1-14(2)31-18-8-6-7-16(12-18)23(30)28-25(33)26-17-11-15(3)22(29)19(13-17)24-27-20-9-4-5-10-21(20)32-24/h4-14,29H,1-3H3,(H2,26,28,30,33). The van der Waals surface area contributed by atoms with Gasteiger partial charge in [0.1, 0.15) is 17.0 Å². The van der Waals surface area contributed by atoms with Crippen molar-refractivity contribution in [2.24, 2.45) is 0 Å². The fourth-order valence-electron chi connectivity index (χ4n) is 3.32. The summed E-state index contributed by atoms with van der Waals surface area (Å²) in [6, 6.07) is 17.6. The fraction of sp³-hybridized carbons (Fsp3) is 0.160. The summed E-state index contributed by atoms with van der Waals surface area (Å²) in [6.45, 7) is 5.59. The maximum absolute atomic E-state index is 12.6. The Hall–Kier alpha value is -3.91. The minimum Gasteiger partial charge on any atom is -0.507 e. The van der Waals surface area contributed by atoms with Gasteiger partial charge in [0, 0.05) is 11.3 Å². The Balaban J connectivity index is 1.52. The van der Waals surface area contributed by atoms with Gasteiger partial charge < -0.3 is 19.6 Å². The van der Waals surface area contributed by atoms with E-state index in [4.69, 9.17) is 21.4 Å². The molecule has 0 spiro atoms. The second-order valence-electron chi connectivity index (χ2n) is 7.78. The quantitative estimate of drug-likeness (QED) is 0.270. The highest BCUT2D eigenvalue weighted by molar-refractivity contribution is 7.80. The lowest BCUT2D eigenvalue weighted by atomic mass is 10.1. The van der Waals surface area contributed by atoms with Gasteiger partial charge in [-0.2, -0.15) is 0 Å². The van der Waals surface area contributed by atoms with Crippen LogP contribution in [0.2, 0.25) is 0 Å². The molecule has 0 radical (unpaired) electrons.